The lowest BCUT2D eigenvalue weighted by Gasteiger charge is -2.08. The second-order valence-electron chi connectivity index (χ2n) is 3.32. The summed E-state index contributed by atoms with van der Waals surface area (Å²) in [4.78, 5) is 10.2. The number of ether oxygens (including phenoxy) is 1. The van der Waals surface area contributed by atoms with Crippen molar-refractivity contribution in [1.82, 2.24) is 4.37 Å². The Labute approximate surface area is 108 Å². The number of benzene rings is 1. The van der Waals surface area contributed by atoms with Gasteiger partial charge in [-0.15, -0.1) is 17.5 Å². The Bertz CT molecular complexity index is 628. The smallest absolute Gasteiger partial charge is 0.406 e. The van der Waals surface area contributed by atoms with Crippen molar-refractivity contribution in [2.75, 3.05) is 0 Å². The number of aromatic nitrogens is 1. The molecule has 0 radical (unpaired) electrons. The van der Waals surface area contributed by atoms with Gasteiger partial charge in [-0.1, -0.05) is 12.1 Å². The van der Waals surface area contributed by atoms with E-state index in [1.807, 2.05) is 0 Å². The molecule has 0 amide bonds. The van der Waals surface area contributed by atoms with E-state index in [9.17, 15) is 18.0 Å². The number of hydrogen-bond acceptors (Lipinski definition) is 5. The Hall–Kier alpha value is -2.09. The fourth-order valence-electron chi connectivity index (χ4n) is 1.22. The molecule has 4 nitrogen and oxygen atoms in total. The molecular formula is C11H6F3NO3S. The molecule has 0 bridgehead atoms. The molecule has 0 aliphatic heterocycles. The second-order valence-corrected chi connectivity index (χ2v) is 4.02. The van der Waals surface area contributed by atoms with E-state index in [0.717, 1.165) is 0 Å². The summed E-state index contributed by atoms with van der Waals surface area (Å²) in [5.74, 6) is -0.157. The Morgan fingerprint density at radius 2 is 1.89 bits per heavy atom. The van der Waals surface area contributed by atoms with Crippen molar-refractivity contribution in [3.63, 3.8) is 0 Å². The van der Waals surface area contributed by atoms with Gasteiger partial charge in [0.25, 0.3) is 0 Å². The van der Waals surface area contributed by atoms with Gasteiger partial charge in [-0.3, -0.25) is 0 Å². The number of halogens is 3. The Morgan fingerprint density at radius 3 is 2.42 bits per heavy atom. The third-order valence-corrected chi connectivity index (χ3v) is 2.43. The van der Waals surface area contributed by atoms with Crippen molar-refractivity contribution in [3.05, 3.63) is 45.5 Å². The molecule has 0 spiro atoms. The number of rotatable bonds is 3. The van der Waals surface area contributed by atoms with Gasteiger partial charge in [-0.2, -0.15) is 0 Å². The van der Waals surface area contributed by atoms with Gasteiger partial charge in [0.15, 0.2) is 0 Å². The molecule has 0 N–H and O–H groups in total. The minimum Gasteiger partial charge on any atom is -0.406 e. The van der Waals surface area contributed by atoms with Crippen molar-refractivity contribution < 1.29 is 22.3 Å². The highest BCUT2D eigenvalue weighted by atomic mass is 32.1. The van der Waals surface area contributed by atoms with Crippen LogP contribution in [-0.4, -0.2) is 10.7 Å². The molecule has 0 saturated carbocycles. The third-order valence-electron chi connectivity index (χ3n) is 1.93. The summed E-state index contributed by atoms with van der Waals surface area (Å²) < 4.78 is 47.9. The normalized spacial score (nSPS) is 11.9. The molecule has 0 saturated heterocycles. The molecule has 1 aromatic heterocycles. The maximum Gasteiger partial charge on any atom is 0.573 e. The number of nitrogens with zero attached hydrogens (tertiary/aromatic N) is 1. The molecule has 19 heavy (non-hydrogen) atoms. The summed E-state index contributed by atoms with van der Waals surface area (Å²) in [5.41, 5.74) is 0.616. The highest BCUT2D eigenvalue weighted by Gasteiger charge is 2.30. The van der Waals surface area contributed by atoms with Gasteiger partial charge in [0.2, 0.25) is 5.89 Å². The van der Waals surface area contributed by atoms with Crippen molar-refractivity contribution in [2.24, 2.45) is 0 Å². The van der Waals surface area contributed by atoms with Crippen LogP contribution in [0.25, 0.3) is 12.2 Å². The van der Waals surface area contributed by atoms with Crippen LogP contribution in [0.3, 0.4) is 0 Å². The van der Waals surface area contributed by atoms with E-state index in [1.165, 1.54) is 30.3 Å². The molecule has 1 aromatic carbocycles. The number of hydrogen-bond donors (Lipinski definition) is 0. The zero-order valence-corrected chi connectivity index (χ0v) is 9.99. The standard InChI is InChI=1S/C11H6F3NO3S/c12-11(13,14)18-8-4-1-7(2-5-8)3-6-9-15-19-10(16)17-9/h1-6H/b6-3+. The van der Waals surface area contributed by atoms with Crippen LogP contribution in [0.15, 0.2) is 33.5 Å². The molecule has 2 aromatic rings. The minimum absolute atomic E-state index is 0.144. The summed E-state index contributed by atoms with van der Waals surface area (Å²) in [5, 5.41) is 0. The van der Waals surface area contributed by atoms with Crippen LogP contribution in [0, 0.1) is 0 Å². The van der Waals surface area contributed by atoms with Gasteiger partial charge in [0.1, 0.15) is 5.75 Å². The monoisotopic (exact) mass is 289 g/mol. The fourth-order valence-corrected chi connectivity index (χ4v) is 1.60. The van der Waals surface area contributed by atoms with Crippen LogP contribution >= 0.6 is 11.5 Å². The van der Waals surface area contributed by atoms with E-state index >= 15 is 0 Å². The van der Waals surface area contributed by atoms with Gasteiger partial charge < -0.3 is 9.15 Å². The van der Waals surface area contributed by atoms with Crippen LogP contribution in [0.4, 0.5) is 13.2 Å². The predicted molar refractivity (Wildman–Crippen MR) is 62.7 cm³/mol. The summed E-state index contributed by atoms with van der Waals surface area (Å²) >= 11 is 0.680. The lowest BCUT2D eigenvalue weighted by atomic mass is 10.2. The van der Waals surface area contributed by atoms with Gasteiger partial charge in [0.05, 0.1) is 11.5 Å². The fraction of sp³-hybridized carbons (Fsp3) is 0.0909. The second kappa shape index (κ2) is 5.27. The summed E-state index contributed by atoms with van der Waals surface area (Å²) in [6.07, 6.45) is -1.71. The maximum absolute atomic E-state index is 11.9. The van der Waals surface area contributed by atoms with Gasteiger partial charge in [0, 0.05) is 6.08 Å². The third kappa shape index (κ3) is 4.25. The minimum atomic E-state index is -4.71. The van der Waals surface area contributed by atoms with Crippen LogP contribution in [0.1, 0.15) is 11.5 Å². The molecule has 2 rings (SSSR count). The van der Waals surface area contributed by atoms with E-state index in [0.29, 0.717) is 17.1 Å². The molecular weight excluding hydrogens is 283 g/mol. The largest absolute Gasteiger partial charge is 0.573 e. The summed E-state index contributed by atoms with van der Waals surface area (Å²) in [6.45, 7) is 0. The first-order valence-electron chi connectivity index (χ1n) is 4.93. The summed E-state index contributed by atoms with van der Waals surface area (Å²) in [7, 11) is 0. The molecule has 1 heterocycles. The number of alkyl halides is 3. The topological polar surface area (TPSA) is 52.3 Å². The van der Waals surface area contributed by atoms with Crippen molar-refractivity contribution in [1.29, 1.82) is 0 Å². The van der Waals surface area contributed by atoms with Crippen molar-refractivity contribution in [2.45, 2.75) is 6.36 Å². The van der Waals surface area contributed by atoms with E-state index in [-0.39, 0.29) is 11.6 Å². The first-order valence-corrected chi connectivity index (χ1v) is 5.70. The molecule has 100 valence electrons. The molecule has 0 aliphatic carbocycles. The Balaban J connectivity index is 2.06. The zero-order valence-electron chi connectivity index (χ0n) is 9.18. The van der Waals surface area contributed by atoms with Crippen LogP contribution in [0.2, 0.25) is 0 Å². The molecule has 0 fully saturated rings. The molecule has 0 atom stereocenters. The van der Waals surface area contributed by atoms with Crippen molar-refractivity contribution in [3.8, 4) is 5.75 Å². The SMILES string of the molecule is O=c1oc(/C=C/c2ccc(OC(F)(F)F)cc2)ns1. The summed E-state index contributed by atoms with van der Waals surface area (Å²) in [6, 6.07) is 5.23. The Kier molecular flexibility index (Phi) is 3.70. The van der Waals surface area contributed by atoms with Crippen LogP contribution in [-0.2, 0) is 0 Å². The Morgan fingerprint density at radius 1 is 1.21 bits per heavy atom. The maximum atomic E-state index is 11.9. The van der Waals surface area contributed by atoms with Gasteiger partial charge in [-0.25, -0.2) is 4.79 Å². The average Bonchev–Trinajstić information content (AvgIpc) is 2.72. The first kappa shape index (κ1) is 13.3. The highest BCUT2D eigenvalue weighted by molar-refractivity contribution is 7.02. The van der Waals surface area contributed by atoms with E-state index in [4.69, 9.17) is 0 Å². The average molecular weight is 289 g/mol. The lowest BCUT2D eigenvalue weighted by molar-refractivity contribution is -0.274. The van der Waals surface area contributed by atoms with Gasteiger partial charge in [-0.05, 0) is 23.8 Å². The predicted octanol–water partition coefficient (Wildman–Crippen LogP) is 3.17. The van der Waals surface area contributed by atoms with Crippen LogP contribution < -0.4 is 9.68 Å². The van der Waals surface area contributed by atoms with Crippen molar-refractivity contribution >= 4 is 23.7 Å². The molecule has 0 aliphatic rings. The van der Waals surface area contributed by atoms with E-state index in [1.54, 1.807) is 6.08 Å². The van der Waals surface area contributed by atoms with E-state index in [2.05, 4.69) is 13.5 Å². The molecule has 8 heteroatoms. The van der Waals surface area contributed by atoms with Crippen LogP contribution in [0.5, 0.6) is 5.75 Å². The quantitative estimate of drug-likeness (QED) is 0.871. The molecule has 0 unspecified atom stereocenters. The van der Waals surface area contributed by atoms with Gasteiger partial charge >= 0.3 is 11.3 Å². The lowest BCUT2D eigenvalue weighted by Crippen LogP contribution is -2.16. The highest BCUT2D eigenvalue weighted by Crippen LogP contribution is 2.23. The van der Waals surface area contributed by atoms with E-state index < -0.39 is 11.3 Å². The zero-order chi connectivity index (χ0) is 13.9. The first-order chi connectivity index (χ1) is 8.92.